The molecular formula is C14H9ClF3NO2. The molecule has 1 heterocycles. The molecule has 110 valence electrons. The van der Waals surface area contributed by atoms with Crippen molar-refractivity contribution in [3.05, 3.63) is 52.7 Å². The van der Waals surface area contributed by atoms with Gasteiger partial charge in [0.1, 0.15) is 0 Å². The van der Waals surface area contributed by atoms with Crippen LogP contribution in [0.25, 0.3) is 11.3 Å². The van der Waals surface area contributed by atoms with Crippen LogP contribution in [0.2, 0.25) is 5.02 Å². The van der Waals surface area contributed by atoms with E-state index >= 15 is 0 Å². The number of carbonyl (C=O) groups excluding carboxylic acids is 1. The molecule has 0 unspecified atom stereocenters. The Morgan fingerprint density at radius 3 is 2.33 bits per heavy atom. The molecule has 1 aromatic heterocycles. The van der Waals surface area contributed by atoms with Crippen molar-refractivity contribution in [2.45, 2.75) is 6.18 Å². The molecule has 0 aliphatic rings. The second-order valence-corrected chi connectivity index (χ2v) is 4.47. The van der Waals surface area contributed by atoms with Crippen LogP contribution in [0.3, 0.4) is 0 Å². The van der Waals surface area contributed by atoms with Crippen LogP contribution in [-0.4, -0.2) is 18.1 Å². The van der Waals surface area contributed by atoms with Crippen molar-refractivity contribution in [3.8, 4) is 11.3 Å². The van der Waals surface area contributed by atoms with Crippen LogP contribution < -0.4 is 0 Å². The summed E-state index contributed by atoms with van der Waals surface area (Å²) >= 11 is 6.06. The largest absolute Gasteiger partial charge is 0.465 e. The number of aromatic nitrogens is 1. The summed E-state index contributed by atoms with van der Waals surface area (Å²) in [7, 11) is 1.21. The first-order chi connectivity index (χ1) is 9.84. The molecule has 0 aliphatic heterocycles. The smallest absolute Gasteiger partial charge is 0.416 e. The Kier molecular flexibility index (Phi) is 4.18. The van der Waals surface area contributed by atoms with Crippen LogP contribution in [-0.2, 0) is 10.9 Å². The maximum Gasteiger partial charge on any atom is 0.416 e. The highest BCUT2D eigenvalue weighted by Crippen LogP contribution is 2.33. The first kappa shape index (κ1) is 15.3. The van der Waals surface area contributed by atoms with Crippen molar-refractivity contribution >= 4 is 17.6 Å². The van der Waals surface area contributed by atoms with E-state index < -0.39 is 17.7 Å². The average molecular weight is 316 g/mol. The van der Waals surface area contributed by atoms with E-state index in [1.54, 1.807) is 0 Å². The highest BCUT2D eigenvalue weighted by Gasteiger charge is 2.30. The Labute approximate surface area is 123 Å². The van der Waals surface area contributed by atoms with Gasteiger partial charge in [0.2, 0.25) is 0 Å². The lowest BCUT2D eigenvalue weighted by molar-refractivity contribution is -0.137. The van der Waals surface area contributed by atoms with Crippen LogP contribution in [0.15, 0.2) is 36.5 Å². The molecule has 2 aromatic rings. The molecule has 0 saturated carbocycles. The Bertz CT molecular complexity index is 669. The fraction of sp³-hybridized carbons (Fsp3) is 0.143. The predicted molar refractivity (Wildman–Crippen MR) is 71.0 cm³/mol. The number of benzene rings is 1. The lowest BCUT2D eigenvalue weighted by Crippen LogP contribution is -2.05. The number of nitrogens with zero attached hydrogens (tertiary/aromatic N) is 1. The summed E-state index contributed by atoms with van der Waals surface area (Å²) in [5.74, 6) is -0.643. The number of esters is 1. The molecule has 0 bridgehead atoms. The van der Waals surface area contributed by atoms with E-state index in [9.17, 15) is 18.0 Å². The van der Waals surface area contributed by atoms with Gasteiger partial charge >= 0.3 is 12.1 Å². The summed E-state index contributed by atoms with van der Waals surface area (Å²) in [6.45, 7) is 0. The number of hydrogen-bond acceptors (Lipinski definition) is 3. The topological polar surface area (TPSA) is 39.2 Å². The summed E-state index contributed by atoms with van der Waals surface area (Å²) in [6, 6.07) is 5.73. The van der Waals surface area contributed by atoms with Gasteiger partial charge in [0.15, 0.2) is 0 Å². The highest BCUT2D eigenvalue weighted by atomic mass is 35.5. The molecule has 2 rings (SSSR count). The number of hydrogen-bond donors (Lipinski definition) is 0. The van der Waals surface area contributed by atoms with Crippen LogP contribution in [0.1, 0.15) is 15.9 Å². The number of halogens is 4. The lowest BCUT2D eigenvalue weighted by atomic mass is 10.1. The van der Waals surface area contributed by atoms with Crippen molar-refractivity contribution in [1.29, 1.82) is 0 Å². The average Bonchev–Trinajstić information content (AvgIpc) is 2.46. The van der Waals surface area contributed by atoms with E-state index in [1.165, 1.54) is 31.5 Å². The molecule has 0 atom stereocenters. The van der Waals surface area contributed by atoms with Gasteiger partial charge in [-0.1, -0.05) is 23.7 Å². The normalized spacial score (nSPS) is 11.3. The molecule has 21 heavy (non-hydrogen) atoms. The van der Waals surface area contributed by atoms with Gasteiger partial charge in [-0.15, -0.1) is 0 Å². The SMILES string of the molecule is COC(=O)c1ccnc(-c2ccc(C(F)(F)F)cc2)c1Cl. The summed E-state index contributed by atoms with van der Waals surface area (Å²) in [5, 5.41) is 0.0316. The van der Waals surface area contributed by atoms with Gasteiger partial charge < -0.3 is 4.74 Å². The Hall–Kier alpha value is -2.08. The number of methoxy groups -OCH3 is 1. The maximum absolute atomic E-state index is 12.5. The molecule has 0 radical (unpaired) electrons. The van der Waals surface area contributed by atoms with Crippen LogP contribution in [0.4, 0.5) is 13.2 Å². The fourth-order valence-electron chi connectivity index (χ4n) is 1.73. The van der Waals surface area contributed by atoms with Crippen molar-refractivity contribution < 1.29 is 22.7 Å². The van der Waals surface area contributed by atoms with E-state index in [0.717, 1.165) is 12.1 Å². The Morgan fingerprint density at radius 1 is 1.19 bits per heavy atom. The number of pyridine rings is 1. The minimum absolute atomic E-state index is 0.0316. The first-order valence-corrected chi connectivity index (χ1v) is 6.13. The molecule has 0 N–H and O–H groups in total. The number of ether oxygens (including phenoxy) is 1. The second-order valence-electron chi connectivity index (χ2n) is 4.09. The Balaban J connectivity index is 2.45. The van der Waals surface area contributed by atoms with Gasteiger partial charge in [-0.25, -0.2) is 4.79 Å². The predicted octanol–water partition coefficient (Wildman–Crippen LogP) is 4.21. The minimum atomic E-state index is -4.41. The van der Waals surface area contributed by atoms with E-state index in [2.05, 4.69) is 9.72 Å². The van der Waals surface area contributed by atoms with Crippen LogP contribution in [0, 0.1) is 0 Å². The highest BCUT2D eigenvalue weighted by molar-refractivity contribution is 6.35. The molecule has 0 spiro atoms. The maximum atomic E-state index is 12.5. The molecule has 0 saturated heterocycles. The zero-order valence-electron chi connectivity index (χ0n) is 10.7. The van der Waals surface area contributed by atoms with Crippen molar-refractivity contribution in [3.63, 3.8) is 0 Å². The van der Waals surface area contributed by atoms with E-state index in [1.807, 2.05) is 0 Å². The summed E-state index contributed by atoms with van der Waals surface area (Å²) in [4.78, 5) is 15.5. The third kappa shape index (κ3) is 3.16. The number of alkyl halides is 3. The van der Waals surface area contributed by atoms with Crippen molar-refractivity contribution in [2.24, 2.45) is 0 Å². The van der Waals surface area contributed by atoms with E-state index in [-0.39, 0.29) is 16.3 Å². The Morgan fingerprint density at radius 2 is 1.81 bits per heavy atom. The van der Waals surface area contributed by atoms with Crippen molar-refractivity contribution in [1.82, 2.24) is 4.98 Å². The zero-order valence-corrected chi connectivity index (χ0v) is 11.5. The van der Waals surface area contributed by atoms with Crippen LogP contribution in [0.5, 0.6) is 0 Å². The summed E-state index contributed by atoms with van der Waals surface area (Å²) < 4.78 is 42.1. The number of rotatable bonds is 2. The third-order valence-electron chi connectivity index (χ3n) is 2.78. The fourth-order valence-corrected chi connectivity index (χ4v) is 2.03. The summed E-state index contributed by atoms with van der Waals surface area (Å²) in [5.41, 5.74) is -0.0809. The van der Waals surface area contributed by atoms with Gasteiger partial charge in [0, 0.05) is 11.8 Å². The molecule has 0 fully saturated rings. The third-order valence-corrected chi connectivity index (χ3v) is 3.16. The van der Waals surface area contributed by atoms with Gasteiger partial charge in [-0.05, 0) is 18.2 Å². The molecule has 0 aliphatic carbocycles. The monoisotopic (exact) mass is 315 g/mol. The summed E-state index contributed by atoms with van der Waals surface area (Å²) in [6.07, 6.45) is -3.07. The minimum Gasteiger partial charge on any atom is -0.465 e. The quantitative estimate of drug-likeness (QED) is 0.779. The molecule has 0 amide bonds. The van der Waals surface area contributed by atoms with Gasteiger partial charge in [0.25, 0.3) is 0 Å². The second kappa shape index (κ2) is 5.73. The van der Waals surface area contributed by atoms with E-state index in [4.69, 9.17) is 11.6 Å². The molecule has 1 aromatic carbocycles. The molecule has 3 nitrogen and oxygen atoms in total. The van der Waals surface area contributed by atoms with E-state index in [0.29, 0.717) is 5.56 Å². The standard InChI is InChI=1S/C14H9ClF3NO2/c1-21-13(20)10-6-7-19-12(11(10)15)8-2-4-9(5-3-8)14(16,17)18/h2-7H,1H3. The molecular weight excluding hydrogens is 307 g/mol. The van der Waals surface area contributed by atoms with Gasteiger partial charge in [0.05, 0.1) is 29.0 Å². The van der Waals surface area contributed by atoms with Crippen molar-refractivity contribution in [2.75, 3.05) is 7.11 Å². The number of carbonyl (C=O) groups is 1. The van der Waals surface area contributed by atoms with Gasteiger partial charge in [-0.2, -0.15) is 13.2 Å². The zero-order chi connectivity index (χ0) is 15.6. The van der Waals surface area contributed by atoms with Crippen LogP contribution >= 0.6 is 11.6 Å². The van der Waals surface area contributed by atoms with Gasteiger partial charge in [-0.3, -0.25) is 4.98 Å². The lowest BCUT2D eigenvalue weighted by Gasteiger charge is -2.09. The first-order valence-electron chi connectivity index (χ1n) is 5.75. The molecule has 7 heteroatoms.